The summed E-state index contributed by atoms with van der Waals surface area (Å²) in [6, 6.07) is 6.27. The minimum atomic E-state index is -4.96. The number of carbonyl (C=O) groups excluding carboxylic acids is 3. The van der Waals surface area contributed by atoms with Gasteiger partial charge in [0.1, 0.15) is 0 Å². The number of nitrogens with one attached hydrogen (secondary N) is 4. The molecule has 296 valence electrons. The number of anilines is 2. The van der Waals surface area contributed by atoms with Crippen LogP contribution in [0.25, 0.3) is 22.2 Å². The van der Waals surface area contributed by atoms with Crippen molar-refractivity contribution in [2.75, 3.05) is 17.2 Å². The molecule has 12 nitrogen and oxygen atoms in total. The summed E-state index contributed by atoms with van der Waals surface area (Å²) < 4.78 is 86.8. The number of hydrogen-bond acceptors (Lipinski definition) is 8. The summed E-state index contributed by atoms with van der Waals surface area (Å²) in [6.07, 6.45) is -6.26. The SMILES string of the molecule is CCc1cc(-c2cc(NC(=O)Cc3cc(C(F)(F)F)ccc3C(F)(F)F)nn2C)cc2cnc(NC3CCC(NC(=O)COC(=O)NC(C)(C)C)CC3)nc12. The van der Waals surface area contributed by atoms with Crippen LogP contribution in [0.5, 0.6) is 0 Å². The molecule has 0 bridgehead atoms. The topological polar surface area (TPSA) is 152 Å². The summed E-state index contributed by atoms with van der Waals surface area (Å²) in [5, 5.41) is 16.3. The lowest BCUT2D eigenvalue weighted by Crippen LogP contribution is -2.44. The molecule has 55 heavy (non-hydrogen) atoms. The van der Waals surface area contributed by atoms with Crippen molar-refractivity contribution in [1.29, 1.82) is 0 Å². The molecule has 0 unspecified atom stereocenters. The first kappa shape index (κ1) is 40.8. The number of aryl methyl sites for hydroxylation is 2. The van der Waals surface area contributed by atoms with E-state index in [4.69, 9.17) is 9.72 Å². The summed E-state index contributed by atoms with van der Waals surface area (Å²) in [7, 11) is 1.61. The molecule has 1 aliphatic carbocycles. The largest absolute Gasteiger partial charge is 0.439 e. The third kappa shape index (κ3) is 10.8. The normalized spacial score (nSPS) is 16.4. The Morgan fingerprint density at radius 3 is 2.22 bits per heavy atom. The molecule has 2 aromatic heterocycles. The minimum absolute atomic E-state index is 0.00287. The Hall–Kier alpha value is -5.42. The lowest BCUT2D eigenvalue weighted by Gasteiger charge is -2.29. The van der Waals surface area contributed by atoms with Crippen LogP contribution in [0.3, 0.4) is 0 Å². The molecule has 1 fully saturated rings. The first-order chi connectivity index (χ1) is 25.7. The second-order valence-electron chi connectivity index (χ2n) is 14.5. The van der Waals surface area contributed by atoms with Gasteiger partial charge in [-0.15, -0.1) is 0 Å². The van der Waals surface area contributed by atoms with E-state index < -0.39 is 53.0 Å². The number of alkyl carbamates (subject to hydrolysis) is 1. The maximum Gasteiger partial charge on any atom is 0.416 e. The Labute approximate surface area is 312 Å². The standard InChI is InChI=1S/C37H42F6N8O4/c1-6-20-13-22(28-17-29(50-51(28)5)47-30(52)16-21-15-24(36(38,39)40)7-12-27(21)37(41,42)43)14-23-18-44-33(48-32(20)23)46-26-10-8-25(9-11-26)45-31(53)19-55-34(54)49-35(2,3)4/h7,12-15,17-18,25-26H,6,8-11,16,19H2,1-5H3,(H,45,53)(H,49,54)(H,44,46,48)(H,47,50,52). The highest BCUT2D eigenvalue weighted by molar-refractivity contribution is 5.93. The molecule has 0 saturated heterocycles. The number of ether oxygens (including phenoxy) is 1. The predicted molar refractivity (Wildman–Crippen MR) is 192 cm³/mol. The van der Waals surface area contributed by atoms with Crippen molar-refractivity contribution < 1.29 is 45.5 Å². The Bertz CT molecular complexity index is 2050. The maximum absolute atomic E-state index is 13.5. The number of fused-ring (bicyclic) bond motifs is 1. The number of alkyl halides is 6. The average molecular weight is 777 g/mol. The molecule has 3 amide bonds. The second-order valence-corrected chi connectivity index (χ2v) is 14.5. The van der Waals surface area contributed by atoms with Crippen molar-refractivity contribution in [2.45, 2.75) is 96.2 Å². The van der Waals surface area contributed by atoms with E-state index in [0.717, 1.165) is 29.3 Å². The number of rotatable bonds is 10. The smallest absolute Gasteiger partial charge is 0.416 e. The van der Waals surface area contributed by atoms with Crippen molar-refractivity contribution in [3.05, 3.63) is 64.8 Å². The number of halogens is 6. The molecule has 5 rings (SSSR count). The lowest BCUT2D eigenvalue weighted by molar-refractivity contribution is -0.142. The number of amides is 3. The molecule has 2 heterocycles. The van der Waals surface area contributed by atoms with Crippen LogP contribution < -0.4 is 21.3 Å². The third-order valence-corrected chi connectivity index (χ3v) is 8.91. The highest BCUT2D eigenvalue weighted by Gasteiger charge is 2.37. The van der Waals surface area contributed by atoms with Crippen molar-refractivity contribution in [1.82, 2.24) is 30.4 Å². The van der Waals surface area contributed by atoms with Gasteiger partial charge in [0.2, 0.25) is 11.9 Å². The van der Waals surface area contributed by atoms with Crippen molar-refractivity contribution in [3.8, 4) is 11.3 Å². The Balaban J connectivity index is 1.21. The van der Waals surface area contributed by atoms with Gasteiger partial charge in [-0.2, -0.15) is 31.4 Å². The molecular formula is C37H42F6N8O4. The average Bonchev–Trinajstić information content (AvgIpc) is 3.45. The highest BCUT2D eigenvalue weighted by Crippen LogP contribution is 2.37. The van der Waals surface area contributed by atoms with Gasteiger partial charge in [-0.3, -0.25) is 14.3 Å². The van der Waals surface area contributed by atoms with Gasteiger partial charge < -0.3 is 26.0 Å². The molecule has 0 aliphatic heterocycles. The van der Waals surface area contributed by atoms with Crippen LogP contribution in [-0.4, -0.2) is 61.9 Å². The summed E-state index contributed by atoms with van der Waals surface area (Å²) >= 11 is 0. The molecule has 0 spiro atoms. The van der Waals surface area contributed by atoms with Crippen LogP contribution in [0.2, 0.25) is 0 Å². The summed E-state index contributed by atoms with van der Waals surface area (Å²) in [5.41, 5.74) is -1.06. The Morgan fingerprint density at radius 2 is 1.58 bits per heavy atom. The van der Waals surface area contributed by atoms with Crippen molar-refractivity contribution in [3.63, 3.8) is 0 Å². The van der Waals surface area contributed by atoms with Crippen LogP contribution in [0.4, 0.5) is 42.9 Å². The molecule has 0 atom stereocenters. The fourth-order valence-electron chi connectivity index (χ4n) is 6.36. The number of benzene rings is 2. The van der Waals surface area contributed by atoms with Gasteiger partial charge in [-0.1, -0.05) is 6.92 Å². The van der Waals surface area contributed by atoms with Gasteiger partial charge in [0.05, 0.1) is 28.8 Å². The fraction of sp³-hybridized carbons (Fsp3) is 0.459. The van der Waals surface area contributed by atoms with Gasteiger partial charge >= 0.3 is 18.4 Å². The van der Waals surface area contributed by atoms with Crippen LogP contribution in [0.15, 0.2) is 42.6 Å². The van der Waals surface area contributed by atoms with Gasteiger partial charge in [0.15, 0.2) is 12.4 Å². The summed E-state index contributed by atoms with van der Waals surface area (Å²) in [5.74, 6) is -0.890. The number of hydrogen-bond donors (Lipinski definition) is 4. The monoisotopic (exact) mass is 776 g/mol. The molecule has 18 heteroatoms. The van der Waals surface area contributed by atoms with Crippen molar-refractivity contribution in [2.24, 2.45) is 7.05 Å². The number of nitrogens with zero attached hydrogens (tertiary/aromatic N) is 4. The third-order valence-electron chi connectivity index (χ3n) is 8.91. The summed E-state index contributed by atoms with van der Waals surface area (Å²) in [4.78, 5) is 46.3. The molecule has 4 aromatic rings. The Morgan fingerprint density at radius 1 is 0.891 bits per heavy atom. The van der Waals surface area contributed by atoms with E-state index in [1.807, 2.05) is 39.8 Å². The van der Waals surface area contributed by atoms with E-state index in [2.05, 4.69) is 31.3 Å². The lowest BCUT2D eigenvalue weighted by atomic mass is 9.91. The molecule has 0 radical (unpaired) electrons. The fourth-order valence-corrected chi connectivity index (χ4v) is 6.36. The first-order valence-corrected chi connectivity index (χ1v) is 17.6. The van der Waals surface area contributed by atoms with E-state index in [-0.39, 0.29) is 30.4 Å². The van der Waals surface area contributed by atoms with Gasteiger partial charge in [-0.25, -0.2) is 14.8 Å². The quantitative estimate of drug-likeness (QED) is 0.124. The van der Waals surface area contributed by atoms with Crippen LogP contribution in [0, 0.1) is 0 Å². The molecule has 1 aliphatic rings. The molecule has 1 saturated carbocycles. The van der Waals surface area contributed by atoms with E-state index in [0.29, 0.717) is 54.7 Å². The first-order valence-electron chi connectivity index (χ1n) is 17.6. The van der Waals surface area contributed by atoms with E-state index >= 15 is 0 Å². The van der Waals surface area contributed by atoms with Gasteiger partial charge in [0.25, 0.3) is 5.91 Å². The van der Waals surface area contributed by atoms with Gasteiger partial charge in [0, 0.05) is 47.9 Å². The maximum atomic E-state index is 13.5. The number of carbonyl (C=O) groups is 3. The van der Waals surface area contributed by atoms with E-state index in [1.54, 1.807) is 13.2 Å². The van der Waals surface area contributed by atoms with E-state index in [9.17, 15) is 40.7 Å². The zero-order valence-corrected chi connectivity index (χ0v) is 30.8. The molecule has 2 aromatic carbocycles. The van der Waals surface area contributed by atoms with Gasteiger partial charge in [-0.05, 0) is 94.3 Å². The highest BCUT2D eigenvalue weighted by atomic mass is 19.4. The number of aromatic nitrogens is 4. The molecular weight excluding hydrogens is 734 g/mol. The van der Waals surface area contributed by atoms with Crippen molar-refractivity contribution >= 4 is 40.6 Å². The van der Waals surface area contributed by atoms with Crippen LogP contribution >= 0.6 is 0 Å². The summed E-state index contributed by atoms with van der Waals surface area (Å²) in [6.45, 7) is 7.02. The molecule has 4 N–H and O–H groups in total. The van der Waals surface area contributed by atoms with Crippen LogP contribution in [0.1, 0.15) is 75.6 Å². The van der Waals surface area contributed by atoms with E-state index in [1.165, 1.54) is 10.7 Å². The predicted octanol–water partition coefficient (Wildman–Crippen LogP) is 7.18. The second kappa shape index (κ2) is 16.1. The zero-order valence-electron chi connectivity index (χ0n) is 30.8. The Kier molecular flexibility index (Phi) is 12.0. The minimum Gasteiger partial charge on any atom is -0.439 e. The van der Waals surface area contributed by atoms with Crippen LogP contribution in [-0.2, 0) is 46.6 Å². The zero-order chi connectivity index (χ0) is 40.3.